The fraction of sp³-hybridized carbons (Fsp3) is 0.294. The lowest BCUT2D eigenvalue weighted by Gasteiger charge is -2.10. The monoisotopic (exact) mass is 389 g/mol. The second kappa shape index (κ2) is 7.96. The summed E-state index contributed by atoms with van der Waals surface area (Å²) in [5, 5.41) is 0. The van der Waals surface area contributed by atoms with Crippen molar-refractivity contribution in [1.82, 2.24) is 0 Å². The molecule has 1 heterocycles. The third-order valence-electron chi connectivity index (χ3n) is 3.10. The number of aromatic nitrogens is 1. The van der Waals surface area contributed by atoms with Gasteiger partial charge in [0.2, 0.25) is 0 Å². The van der Waals surface area contributed by atoms with E-state index in [-0.39, 0.29) is 11.3 Å². The number of nitrogens with zero attached hydrogens (tertiary/aromatic N) is 1. The number of carbonyl (C=O) groups excluding carboxylic acids is 1. The first-order valence-corrected chi connectivity index (χ1v) is 8.78. The molecule has 0 radical (unpaired) electrons. The van der Waals surface area contributed by atoms with E-state index >= 15 is 0 Å². The van der Waals surface area contributed by atoms with Gasteiger partial charge >= 0.3 is 11.4 Å². The average molecular weight is 389 g/mol. The van der Waals surface area contributed by atoms with Crippen LogP contribution in [-0.2, 0) is 10.1 Å². The Hall–Kier alpha value is -2.26. The van der Waals surface area contributed by atoms with Gasteiger partial charge in [0.1, 0.15) is 0 Å². The molecule has 1 aromatic heterocycles. The first-order chi connectivity index (χ1) is 11.7. The van der Waals surface area contributed by atoms with E-state index in [1.54, 1.807) is 4.57 Å². The van der Waals surface area contributed by atoms with E-state index in [1.807, 2.05) is 63.5 Å². The van der Waals surface area contributed by atoms with Crippen molar-refractivity contribution in [3.63, 3.8) is 0 Å². The Bertz CT molecular complexity index is 840. The number of pyridine rings is 1. The molecule has 0 saturated carbocycles. The summed E-state index contributed by atoms with van der Waals surface area (Å²) >= 11 is 0. The molecule has 2 aromatic rings. The summed E-state index contributed by atoms with van der Waals surface area (Å²) in [6, 6.07) is 14.1. The third kappa shape index (κ3) is 6.23. The van der Waals surface area contributed by atoms with Gasteiger partial charge in [-0.05, 0) is 31.9 Å². The minimum absolute atomic E-state index is 0.0992. The number of hydrogen-bond donors (Lipinski definition) is 0. The van der Waals surface area contributed by atoms with Crippen LogP contribution in [-0.4, -0.2) is 24.4 Å². The first kappa shape index (κ1) is 21.8. The van der Waals surface area contributed by atoms with Gasteiger partial charge in [0, 0.05) is 12.1 Å². The second-order valence-electron chi connectivity index (χ2n) is 6.32. The zero-order valence-corrected chi connectivity index (χ0v) is 15.1. The van der Waals surface area contributed by atoms with Crippen LogP contribution < -0.4 is 4.57 Å². The average Bonchev–Trinajstić information content (AvgIpc) is 2.53. The molecule has 2 rings (SSSR count). The molecular formula is C17H18F3NO4S. The van der Waals surface area contributed by atoms with Crippen molar-refractivity contribution in [2.75, 3.05) is 0 Å². The largest absolute Gasteiger partial charge is 0.741 e. The summed E-state index contributed by atoms with van der Waals surface area (Å²) < 4.78 is 60.5. The van der Waals surface area contributed by atoms with Gasteiger partial charge in [0.05, 0.1) is 5.41 Å². The maximum absolute atomic E-state index is 12.1. The quantitative estimate of drug-likeness (QED) is 0.426. The number of benzene rings is 1. The minimum atomic E-state index is -6.09. The summed E-state index contributed by atoms with van der Waals surface area (Å²) in [6.07, 6.45) is 3.66. The number of halogens is 3. The topological polar surface area (TPSA) is 78.1 Å². The Kier molecular flexibility index (Phi) is 6.67. The van der Waals surface area contributed by atoms with Gasteiger partial charge in [0.25, 0.3) is 0 Å². The molecule has 9 heteroatoms. The van der Waals surface area contributed by atoms with Crippen molar-refractivity contribution in [3.05, 3.63) is 54.9 Å². The lowest BCUT2D eigenvalue weighted by Crippen LogP contribution is -2.48. The SMILES string of the molecule is CC(C)(C)C(=O)[n+]1ccc(-c2ccccc2)cc1.O=S(=O)([O-])C(F)(F)F. The van der Waals surface area contributed by atoms with Crippen molar-refractivity contribution in [2.45, 2.75) is 26.3 Å². The molecule has 142 valence electrons. The van der Waals surface area contributed by atoms with E-state index in [9.17, 15) is 18.0 Å². The molecule has 0 atom stereocenters. The molecule has 0 N–H and O–H groups in total. The van der Waals surface area contributed by atoms with E-state index in [1.165, 1.54) is 0 Å². The van der Waals surface area contributed by atoms with Gasteiger partial charge in [-0.25, -0.2) is 13.2 Å². The lowest BCUT2D eigenvalue weighted by atomic mass is 9.95. The zero-order chi connectivity index (χ0) is 20.2. The van der Waals surface area contributed by atoms with E-state index in [2.05, 4.69) is 12.1 Å². The molecule has 26 heavy (non-hydrogen) atoms. The molecule has 0 aliphatic carbocycles. The molecule has 0 amide bonds. The number of rotatable bonds is 1. The van der Waals surface area contributed by atoms with E-state index in [0.29, 0.717) is 0 Å². The normalized spacial score (nSPS) is 12.1. The van der Waals surface area contributed by atoms with Crippen LogP contribution in [0.5, 0.6) is 0 Å². The Morgan fingerprint density at radius 3 is 1.65 bits per heavy atom. The predicted octanol–water partition coefficient (Wildman–Crippen LogP) is 3.38. The van der Waals surface area contributed by atoms with Crippen molar-refractivity contribution in [3.8, 4) is 11.1 Å². The minimum Gasteiger partial charge on any atom is -0.741 e. The van der Waals surface area contributed by atoms with Crippen molar-refractivity contribution < 1.29 is 35.5 Å². The lowest BCUT2D eigenvalue weighted by molar-refractivity contribution is -0.579. The standard InChI is InChI=1S/C16H18NO.CHF3O3S/c1-16(2,3)15(18)17-11-9-14(10-12-17)13-7-5-4-6-8-13;2-1(3,4)8(5,6)7/h4-12H,1-3H3;(H,5,6,7)/q+1;/p-1. The van der Waals surface area contributed by atoms with Gasteiger partial charge in [-0.1, -0.05) is 30.3 Å². The van der Waals surface area contributed by atoms with Gasteiger partial charge in [-0.3, -0.25) is 0 Å². The smallest absolute Gasteiger partial charge is 0.485 e. The zero-order valence-electron chi connectivity index (χ0n) is 14.3. The van der Waals surface area contributed by atoms with Crippen LogP contribution in [0.1, 0.15) is 25.6 Å². The number of hydrogen-bond acceptors (Lipinski definition) is 4. The summed E-state index contributed by atoms with van der Waals surface area (Å²) in [5.74, 6) is 0.0992. The maximum atomic E-state index is 12.1. The maximum Gasteiger partial charge on any atom is 0.485 e. The van der Waals surface area contributed by atoms with Crippen LogP contribution in [0.15, 0.2) is 54.9 Å². The van der Waals surface area contributed by atoms with Gasteiger partial charge < -0.3 is 4.55 Å². The summed E-state index contributed by atoms with van der Waals surface area (Å²) in [5.41, 5.74) is -3.73. The van der Waals surface area contributed by atoms with Crippen molar-refractivity contribution >= 4 is 16.0 Å². The Balaban J connectivity index is 0.000000359. The highest BCUT2D eigenvalue weighted by Crippen LogP contribution is 2.20. The second-order valence-corrected chi connectivity index (χ2v) is 7.69. The number of carbonyl (C=O) groups is 1. The Morgan fingerprint density at radius 1 is 0.923 bits per heavy atom. The summed E-state index contributed by atoms with van der Waals surface area (Å²) in [4.78, 5) is 12.1. The fourth-order valence-corrected chi connectivity index (χ4v) is 1.77. The van der Waals surface area contributed by atoms with Crippen LogP contribution in [0.25, 0.3) is 11.1 Å². The molecule has 0 fully saturated rings. The van der Waals surface area contributed by atoms with Crippen LogP contribution >= 0.6 is 0 Å². The Morgan fingerprint density at radius 2 is 1.31 bits per heavy atom. The third-order valence-corrected chi connectivity index (χ3v) is 3.66. The molecule has 1 aromatic carbocycles. The van der Waals surface area contributed by atoms with Crippen LogP contribution in [0.4, 0.5) is 13.2 Å². The van der Waals surface area contributed by atoms with Crippen LogP contribution in [0.3, 0.4) is 0 Å². The highest BCUT2D eigenvalue weighted by atomic mass is 32.2. The van der Waals surface area contributed by atoms with Gasteiger partial charge in [-0.15, -0.1) is 4.57 Å². The summed E-state index contributed by atoms with van der Waals surface area (Å²) in [6.45, 7) is 5.77. The molecular weight excluding hydrogens is 371 g/mol. The fourth-order valence-electron chi connectivity index (χ4n) is 1.77. The molecule has 5 nitrogen and oxygen atoms in total. The molecule has 0 aliphatic heterocycles. The molecule has 0 unspecified atom stereocenters. The van der Waals surface area contributed by atoms with Crippen LogP contribution in [0.2, 0.25) is 0 Å². The van der Waals surface area contributed by atoms with Crippen molar-refractivity contribution in [2.24, 2.45) is 5.41 Å². The number of alkyl halides is 3. The molecule has 0 saturated heterocycles. The van der Waals surface area contributed by atoms with Crippen molar-refractivity contribution in [1.29, 1.82) is 0 Å². The van der Waals surface area contributed by atoms with Crippen LogP contribution in [0, 0.1) is 5.41 Å². The Labute approximate surface area is 149 Å². The van der Waals surface area contributed by atoms with Gasteiger partial charge in [-0.2, -0.15) is 13.2 Å². The van der Waals surface area contributed by atoms with E-state index in [4.69, 9.17) is 13.0 Å². The highest BCUT2D eigenvalue weighted by molar-refractivity contribution is 7.86. The molecule has 0 aliphatic rings. The molecule has 0 bridgehead atoms. The predicted molar refractivity (Wildman–Crippen MR) is 87.9 cm³/mol. The first-order valence-electron chi connectivity index (χ1n) is 7.37. The molecule has 0 spiro atoms. The summed E-state index contributed by atoms with van der Waals surface area (Å²) in [7, 11) is -6.09. The van der Waals surface area contributed by atoms with E-state index in [0.717, 1.165) is 11.1 Å². The van der Waals surface area contributed by atoms with E-state index < -0.39 is 15.6 Å². The van der Waals surface area contributed by atoms with Gasteiger partial charge in [0.15, 0.2) is 22.5 Å². The highest BCUT2D eigenvalue weighted by Gasteiger charge is 2.37.